The molecule has 3 atom stereocenters. The minimum Gasteiger partial charge on any atom is -0.489 e. The number of hydrogen-bond donors (Lipinski definition) is 2. The van der Waals surface area contributed by atoms with Crippen LogP contribution in [0.4, 0.5) is 0 Å². The molecule has 3 heterocycles. The summed E-state index contributed by atoms with van der Waals surface area (Å²) in [6.45, 7) is -0.357. The van der Waals surface area contributed by atoms with Crippen LogP contribution in [0.2, 0.25) is 5.02 Å². The van der Waals surface area contributed by atoms with Gasteiger partial charge in [0.05, 0.1) is 10.9 Å². The van der Waals surface area contributed by atoms with Crippen molar-refractivity contribution < 1.29 is 24.2 Å². The lowest BCUT2D eigenvalue weighted by molar-refractivity contribution is -0.149. The molecule has 2 amide bonds. The molecule has 2 aliphatic rings. The molecule has 1 saturated heterocycles. The summed E-state index contributed by atoms with van der Waals surface area (Å²) >= 11 is 8.13. The SMILES string of the molecule is O=C(O)CN1C(=O)C2Sc3[nH]c(=O)sc3[C@H](c3ccc(OCc4cccc(Cl)c4)cc3)C2C1=O. The van der Waals surface area contributed by atoms with Gasteiger partial charge in [0, 0.05) is 15.8 Å². The maximum atomic E-state index is 13.1. The Kier molecular flexibility index (Phi) is 5.97. The monoisotopic (exact) mass is 516 g/mol. The molecule has 5 rings (SSSR count). The molecule has 1 aromatic heterocycles. The van der Waals surface area contributed by atoms with Crippen molar-refractivity contribution in [2.75, 3.05) is 6.54 Å². The number of nitrogens with one attached hydrogen (secondary N) is 1. The summed E-state index contributed by atoms with van der Waals surface area (Å²) in [4.78, 5) is 53.3. The number of thiazole rings is 1. The number of nitrogens with zero attached hydrogens (tertiary/aromatic N) is 1. The van der Waals surface area contributed by atoms with Gasteiger partial charge in [0.2, 0.25) is 11.8 Å². The number of rotatable bonds is 6. The number of hydrogen-bond acceptors (Lipinski definition) is 7. The molecule has 2 unspecified atom stereocenters. The largest absolute Gasteiger partial charge is 0.489 e. The van der Waals surface area contributed by atoms with Gasteiger partial charge in [-0.15, -0.1) is 0 Å². The van der Waals surface area contributed by atoms with E-state index in [1.807, 2.05) is 18.2 Å². The van der Waals surface area contributed by atoms with Gasteiger partial charge in [-0.1, -0.05) is 59.0 Å². The highest BCUT2D eigenvalue weighted by Crippen LogP contribution is 2.52. The van der Waals surface area contributed by atoms with Crippen molar-refractivity contribution in [3.8, 4) is 5.75 Å². The predicted molar refractivity (Wildman–Crippen MR) is 126 cm³/mol. The molecule has 8 nitrogen and oxygen atoms in total. The molecule has 0 spiro atoms. The third kappa shape index (κ3) is 4.13. The van der Waals surface area contributed by atoms with Gasteiger partial charge < -0.3 is 14.8 Å². The van der Waals surface area contributed by atoms with E-state index in [2.05, 4.69) is 4.98 Å². The summed E-state index contributed by atoms with van der Waals surface area (Å²) in [5, 5.41) is 9.52. The van der Waals surface area contributed by atoms with Gasteiger partial charge in [0.1, 0.15) is 24.2 Å². The van der Waals surface area contributed by atoms with E-state index in [-0.39, 0.29) is 4.87 Å². The van der Waals surface area contributed by atoms with Gasteiger partial charge in [-0.3, -0.25) is 24.1 Å². The zero-order valence-corrected chi connectivity index (χ0v) is 19.8. The lowest BCUT2D eigenvalue weighted by atomic mass is 9.83. The predicted octanol–water partition coefficient (Wildman–Crippen LogP) is 3.34. The Morgan fingerprint density at radius 1 is 1.12 bits per heavy atom. The van der Waals surface area contributed by atoms with Crippen molar-refractivity contribution in [1.29, 1.82) is 0 Å². The molecule has 0 aliphatic carbocycles. The molecule has 0 radical (unpaired) electrons. The van der Waals surface area contributed by atoms with Crippen LogP contribution in [0.3, 0.4) is 0 Å². The van der Waals surface area contributed by atoms with Crippen LogP contribution < -0.4 is 9.61 Å². The number of aromatic amines is 1. The Bertz CT molecular complexity index is 1350. The zero-order valence-electron chi connectivity index (χ0n) is 17.4. The summed E-state index contributed by atoms with van der Waals surface area (Å²) in [5.41, 5.74) is 1.65. The van der Waals surface area contributed by atoms with Crippen LogP contribution in [0.15, 0.2) is 58.4 Å². The van der Waals surface area contributed by atoms with Gasteiger partial charge in [0.15, 0.2) is 0 Å². The molecule has 3 aromatic rings. The number of aromatic nitrogens is 1. The standard InChI is InChI=1S/C23H17ClN2O6S2/c24-13-3-1-2-11(8-13)10-32-14-6-4-12(5-7-14)16-17-19(33-20-18(16)34-23(31)25-20)22(30)26(21(17)29)9-15(27)28/h1-8,16-17,19H,9-10H2,(H,25,31)(H,27,28)/t16-,17?,19?/m1/s1. The third-order valence-corrected chi connectivity index (χ3v) is 8.38. The minimum atomic E-state index is -1.26. The Labute approximate surface area is 206 Å². The fourth-order valence-corrected chi connectivity index (χ4v) is 7.04. The van der Waals surface area contributed by atoms with E-state index in [1.54, 1.807) is 30.3 Å². The average Bonchev–Trinajstić information content (AvgIpc) is 3.28. The first kappa shape index (κ1) is 22.7. The molecule has 2 aromatic carbocycles. The minimum absolute atomic E-state index is 0.272. The third-order valence-electron chi connectivity index (χ3n) is 5.74. The summed E-state index contributed by atoms with van der Waals surface area (Å²) in [7, 11) is 0. The van der Waals surface area contributed by atoms with Gasteiger partial charge in [-0.05, 0) is 35.4 Å². The number of carbonyl (C=O) groups is 3. The number of ether oxygens (including phenoxy) is 1. The van der Waals surface area contributed by atoms with Crippen LogP contribution in [0, 0.1) is 5.92 Å². The number of imide groups is 1. The Morgan fingerprint density at radius 3 is 2.59 bits per heavy atom. The van der Waals surface area contributed by atoms with E-state index in [9.17, 15) is 19.2 Å². The van der Waals surface area contributed by atoms with E-state index in [1.165, 1.54) is 0 Å². The van der Waals surface area contributed by atoms with E-state index >= 15 is 0 Å². The number of fused-ring (bicyclic) bond motifs is 2. The highest BCUT2D eigenvalue weighted by Gasteiger charge is 2.56. The first-order chi connectivity index (χ1) is 16.3. The number of carbonyl (C=O) groups excluding carboxylic acids is 2. The van der Waals surface area contributed by atoms with Gasteiger partial charge in [0.25, 0.3) is 0 Å². The summed E-state index contributed by atoms with van der Waals surface area (Å²) in [5.74, 6) is -3.09. The first-order valence-corrected chi connectivity index (χ1v) is 12.3. The fraction of sp³-hybridized carbons (Fsp3) is 0.217. The molecule has 11 heteroatoms. The number of H-pyrrole nitrogens is 1. The van der Waals surface area contributed by atoms with Crippen molar-refractivity contribution in [3.63, 3.8) is 0 Å². The van der Waals surface area contributed by atoms with Crippen molar-refractivity contribution in [3.05, 3.63) is 79.2 Å². The molecule has 2 N–H and O–H groups in total. The van der Waals surface area contributed by atoms with Crippen LogP contribution in [-0.2, 0) is 21.0 Å². The van der Waals surface area contributed by atoms with E-state index < -0.39 is 41.4 Å². The quantitative estimate of drug-likeness (QED) is 0.482. The van der Waals surface area contributed by atoms with Crippen LogP contribution >= 0.6 is 34.7 Å². The normalized spacial score (nSPS) is 21.3. The van der Waals surface area contributed by atoms with Crippen molar-refractivity contribution in [1.82, 2.24) is 9.88 Å². The number of amides is 2. The highest BCUT2D eigenvalue weighted by molar-refractivity contribution is 8.00. The second-order valence-electron chi connectivity index (χ2n) is 7.89. The van der Waals surface area contributed by atoms with Crippen LogP contribution in [0.25, 0.3) is 0 Å². The number of halogens is 1. The number of aliphatic carboxylic acids is 1. The number of benzene rings is 2. The maximum absolute atomic E-state index is 13.1. The maximum Gasteiger partial charge on any atom is 0.323 e. The summed E-state index contributed by atoms with van der Waals surface area (Å²) in [6, 6.07) is 14.5. The topological polar surface area (TPSA) is 117 Å². The van der Waals surface area contributed by atoms with Crippen LogP contribution in [0.5, 0.6) is 5.75 Å². The number of carboxylic acids is 1. The lowest BCUT2D eigenvalue weighted by Gasteiger charge is -2.29. The van der Waals surface area contributed by atoms with Crippen molar-refractivity contribution >= 4 is 52.5 Å². The molecule has 0 saturated carbocycles. The fourth-order valence-electron chi connectivity index (χ4n) is 4.29. The lowest BCUT2D eigenvalue weighted by Crippen LogP contribution is -2.36. The molecule has 34 heavy (non-hydrogen) atoms. The van der Waals surface area contributed by atoms with E-state index in [0.717, 1.165) is 39.1 Å². The average molecular weight is 517 g/mol. The summed E-state index contributed by atoms with van der Waals surface area (Å²) in [6.07, 6.45) is 0. The second kappa shape index (κ2) is 8.94. The first-order valence-electron chi connectivity index (χ1n) is 10.3. The van der Waals surface area contributed by atoms with Gasteiger partial charge in [-0.2, -0.15) is 0 Å². The van der Waals surface area contributed by atoms with Gasteiger partial charge in [-0.25, -0.2) is 0 Å². The summed E-state index contributed by atoms with van der Waals surface area (Å²) < 4.78 is 5.84. The second-order valence-corrected chi connectivity index (χ2v) is 10.5. The smallest absolute Gasteiger partial charge is 0.323 e. The van der Waals surface area contributed by atoms with Crippen LogP contribution in [-0.4, -0.2) is 44.6 Å². The van der Waals surface area contributed by atoms with Gasteiger partial charge >= 0.3 is 10.8 Å². The highest BCUT2D eigenvalue weighted by atomic mass is 35.5. The molecular formula is C23H17ClN2O6S2. The van der Waals surface area contributed by atoms with Crippen molar-refractivity contribution in [2.24, 2.45) is 5.92 Å². The van der Waals surface area contributed by atoms with Crippen molar-refractivity contribution in [2.45, 2.75) is 22.8 Å². The molecule has 174 valence electrons. The number of thioether (sulfide) groups is 1. The molecule has 2 aliphatic heterocycles. The number of likely N-dealkylation sites (tertiary alicyclic amines) is 1. The Balaban J connectivity index is 1.44. The molecular weight excluding hydrogens is 500 g/mol. The zero-order chi connectivity index (χ0) is 24.0. The Hall–Kier alpha value is -3.08. The Morgan fingerprint density at radius 2 is 1.88 bits per heavy atom. The molecule has 1 fully saturated rings. The van der Waals surface area contributed by atoms with E-state index in [4.69, 9.17) is 21.4 Å². The van der Waals surface area contributed by atoms with E-state index in [0.29, 0.717) is 27.3 Å². The van der Waals surface area contributed by atoms with Crippen LogP contribution in [0.1, 0.15) is 21.9 Å². The number of carboxylic acid groups (broad SMARTS) is 1. The molecule has 0 bridgehead atoms.